The highest BCUT2D eigenvalue weighted by atomic mass is 31.1. The number of benzene rings is 3. The fourth-order valence-corrected chi connectivity index (χ4v) is 6.41. The summed E-state index contributed by atoms with van der Waals surface area (Å²) in [5.41, 5.74) is 4.70. The van der Waals surface area contributed by atoms with Gasteiger partial charge in [-0.15, -0.1) is 0 Å². The molecule has 0 bridgehead atoms. The van der Waals surface area contributed by atoms with Crippen molar-refractivity contribution >= 4 is 23.8 Å². The van der Waals surface area contributed by atoms with E-state index in [1.165, 1.54) is 32.6 Å². The number of rotatable bonds is 3. The van der Waals surface area contributed by atoms with Crippen LogP contribution in [0.3, 0.4) is 0 Å². The zero-order chi connectivity index (χ0) is 25.7. The van der Waals surface area contributed by atoms with Gasteiger partial charge >= 0.3 is 0 Å². The molecule has 3 aromatic carbocycles. The maximum atomic E-state index is 7.57. The van der Waals surface area contributed by atoms with Gasteiger partial charge in [0.05, 0.1) is 7.92 Å². The zero-order valence-electron chi connectivity index (χ0n) is 23.1. The van der Waals surface area contributed by atoms with Crippen LogP contribution in [0.5, 0.6) is 0 Å². The van der Waals surface area contributed by atoms with E-state index in [1.807, 2.05) is 0 Å². The molecule has 0 spiro atoms. The van der Waals surface area contributed by atoms with Crippen molar-refractivity contribution in [2.24, 2.45) is 0 Å². The zero-order valence-corrected chi connectivity index (χ0v) is 24.1. The lowest BCUT2D eigenvalue weighted by atomic mass is 9.87. The van der Waals surface area contributed by atoms with Crippen LogP contribution in [0, 0.1) is 0 Å². The highest BCUT2D eigenvalue weighted by Crippen LogP contribution is 2.35. The lowest BCUT2D eigenvalue weighted by Gasteiger charge is -2.21. The predicted molar refractivity (Wildman–Crippen MR) is 155 cm³/mol. The van der Waals surface area contributed by atoms with Crippen molar-refractivity contribution in [3.05, 3.63) is 89.5 Å². The van der Waals surface area contributed by atoms with Crippen LogP contribution in [0.25, 0.3) is 0 Å². The maximum absolute atomic E-state index is 7.57. The highest BCUT2D eigenvalue weighted by molar-refractivity contribution is 7.79. The Morgan fingerprint density at radius 1 is 0.471 bits per heavy atom. The minimum atomic E-state index is -1.06. The van der Waals surface area contributed by atoms with Gasteiger partial charge in [-0.2, -0.15) is 0 Å². The minimum Gasteiger partial charge on any atom is -0.397 e. The van der Waals surface area contributed by atoms with Crippen LogP contribution < -0.4 is 15.9 Å². The van der Waals surface area contributed by atoms with Gasteiger partial charge in [0.1, 0.15) is 15.9 Å². The van der Waals surface area contributed by atoms with E-state index in [0.29, 0.717) is 0 Å². The van der Waals surface area contributed by atoms with Crippen molar-refractivity contribution in [3.8, 4) is 0 Å². The summed E-state index contributed by atoms with van der Waals surface area (Å²) in [5, 5.41) is 11.9. The van der Waals surface area contributed by atoms with Crippen molar-refractivity contribution in [1.82, 2.24) is 0 Å². The predicted octanol–water partition coefficient (Wildman–Crippen LogP) is 7.07. The van der Waals surface area contributed by atoms with E-state index in [0.717, 1.165) is 0 Å². The summed E-state index contributed by atoms with van der Waals surface area (Å²) in [6, 6.07) is 28.2. The third kappa shape index (κ3) is 7.53. The van der Waals surface area contributed by atoms with Gasteiger partial charge in [0.25, 0.3) is 0 Å². The second kappa shape index (κ2) is 11.2. The van der Waals surface area contributed by atoms with Crippen LogP contribution in [0.1, 0.15) is 85.9 Å². The molecule has 0 radical (unpaired) electrons. The number of hydrogen-bond acceptors (Lipinski definition) is 1. The molecule has 0 aliphatic carbocycles. The first kappa shape index (κ1) is 28.3. The van der Waals surface area contributed by atoms with Gasteiger partial charge in [-0.25, -0.2) is 0 Å². The van der Waals surface area contributed by atoms with Gasteiger partial charge in [0.15, 0.2) is 0 Å². The fraction of sp³-hybridized carbons (Fsp3) is 0.438. The molecule has 0 heterocycles. The topological polar surface area (TPSA) is 20.2 Å². The fourth-order valence-electron chi connectivity index (χ4n) is 3.91. The monoisotopic (exact) mass is 477 g/mol. The molecule has 0 saturated carbocycles. The summed E-state index contributed by atoms with van der Waals surface area (Å²) in [7, 11) is -1.06. The summed E-state index contributed by atoms with van der Waals surface area (Å²) < 4.78 is 0. The smallest absolute Gasteiger partial charge is 0.102 e. The van der Waals surface area contributed by atoms with Crippen LogP contribution in [0.15, 0.2) is 72.8 Å². The molecular weight excluding hydrogens is 431 g/mol. The molecule has 0 aliphatic heterocycles. The molecule has 3 aromatic rings. The summed E-state index contributed by atoms with van der Waals surface area (Å²) in [6.07, 6.45) is 0. The van der Waals surface area contributed by atoms with Gasteiger partial charge < -0.3 is 5.11 Å². The standard InChI is InChI=1S/C30H39P.C2H6O/c1-28(2,3)22-10-16-25(17-11-22)31(26-18-12-23(13-19-26)29(4,5)6)27-20-14-24(15-21-27)30(7,8)9;1-2-3/h10-21H,1-9H3;3H,2H2,1H3/p+1. The normalized spacial score (nSPS) is 12.4. The number of aliphatic hydroxyl groups excluding tert-OH is 1. The molecule has 2 heteroatoms. The van der Waals surface area contributed by atoms with Crippen molar-refractivity contribution in [2.75, 3.05) is 6.61 Å². The highest BCUT2D eigenvalue weighted by Gasteiger charge is 2.27. The van der Waals surface area contributed by atoms with Crippen LogP contribution in [0.2, 0.25) is 0 Å². The largest absolute Gasteiger partial charge is 0.397 e. The Bertz CT molecular complexity index is 873. The molecule has 0 aromatic heterocycles. The Hall–Kier alpha value is -1.95. The van der Waals surface area contributed by atoms with Gasteiger partial charge in [-0.3, -0.25) is 0 Å². The average Bonchev–Trinajstić information content (AvgIpc) is 2.74. The van der Waals surface area contributed by atoms with Crippen molar-refractivity contribution < 1.29 is 5.11 Å². The summed E-state index contributed by atoms with van der Waals surface area (Å²) in [4.78, 5) is 0. The Labute approximate surface area is 210 Å². The first-order chi connectivity index (χ1) is 15.7. The summed E-state index contributed by atoms with van der Waals surface area (Å²) >= 11 is 0. The second-order valence-corrected chi connectivity index (χ2v) is 14.7. The Balaban J connectivity index is 0.00000129. The molecular formula is C32H46OP+. The maximum Gasteiger partial charge on any atom is 0.102 e. The molecule has 0 unspecified atom stereocenters. The van der Waals surface area contributed by atoms with Crippen LogP contribution in [-0.4, -0.2) is 11.7 Å². The lowest BCUT2D eigenvalue weighted by molar-refractivity contribution is 0.318. The second-order valence-electron chi connectivity index (χ2n) is 12.2. The van der Waals surface area contributed by atoms with Gasteiger partial charge in [0, 0.05) is 6.61 Å². The number of hydrogen-bond donors (Lipinski definition) is 1. The molecule has 0 saturated heterocycles. The van der Waals surface area contributed by atoms with Gasteiger partial charge in [-0.1, -0.05) is 98.7 Å². The van der Waals surface area contributed by atoms with E-state index in [4.69, 9.17) is 5.11 Å². The van der Waals surface area contributed by atoms with E-state index in [9.17, 15) is 0 Å². The average molecular weight is 478 g/mol. The molecule has 3 rings (SSSR count). The molecule has 184 valence electrons. The first-order valence-corrected chi connectivity index (χ1v) is 14.0. The van der Waals surface area contributed by atoms with Crippen molar-refractivity contribution in [2.45, 2.75) is 85.5 Å². The van der Waals surface area contributed by atoms with Gasteiger partial charge in [-0.05, 0) is 76.3 Å². The van der Waals surface area contributed by atoms with E-state index in [2.05, 4.69) is 135 Å². The Kier molecular flexibility index (Phi) is 9.31. The van der Waals surface area contributed by atoms with Crippen molar-refractivity contribution in [1.29, 1.82) is 0 Å². The molecule has 0 atom stereocenters. The molecule has 0 amide bonds. The van der Waals surface area contributed by atoms with E-state index >= 15 is 0 Å². The van der Waals surface area contributed by atoms with Crippen LogP contribution in [0.4, 0.5) is 0 Å². The van der Waals surface area contributed by atoms with Crippen molar-refractivity contribution in [3.63, 3.8) is 0 Å². The lowest BCUT2D eigenvalue weighted by Crippen LogP contribution is -2.23. The molecule has 34 heavy (non-hydrogen) atoms. The third-order valence-corrected chi connectivity index (χ3v) is 8.85. The van der Waals surface area contributed by atoms with E-state index in [1.54, 1.807) is 6.92 Å². The third-order valence-electron chi connectivity index (χ3n) is 6.12. The molecule has 1 N–H and O–H groups in total. The quantitative estimate of drug-likeness (QED) is 0.400. The first-order valence-electron chi connectivity index (χ1n) is 12.5. The minimum absolute atomic E-state index is 0.175. The van der Waals surface area contributed by atoms with E-state index < -0.39 is 7.92 Å². The SMILES string of the molecule is CC(C)(C)c1ccc([PH+](c2ccc(C(C)(C)C)cc2)c2ccc(C(C)(C)C)cc2)cc1.CCO. The van der Waals surface area contributed by atoms with E-state index in [-0.39, 0.29) is 22.9 Å². The number of aliphatic hydroxyl groups is 1. The molecule has 0 fully saturated rings. The molecule has 1 nitrogen and oxygen atoms in total. The summed E-state index contributed by atoms with van der Waals surface area (Å²) in [6.45, 7) is 22.5. The van der Waals surface area contributed by atoms with Crippen LogP contribution >= 0.6 is 7.92 Å². The van der Waals surface area contributed by atoms with Gasteiger partial charge in [0.2, 0.25) is 0 Å². The molecule has 0 aliphatic rings. The Morgan fingerprint density at radius 2 is 0.647 bits per heavy atom. The van der Waals surface area contributed by atoms with Crippen LogP contribution in [-0.2, 0) is 16.2 Å². The summed E-state index contributed by atoms with van der Waals surface area (Å²) in [5.74, 6) is 0. The Morgan fingerprint density at radius 3 is 0.794 bits per heavy atom.